The number of piperazine rings is 1. The second-order valence-electron chi connectivity index (χ2n) is 5.74. The van der Waals surface area contributed by atoms with Crippen LogP contribution in [0.5, 0.6) is 0 Å². The highest BCUT2D eigenvalue weighted by Gasteiger charge is 2.34. The number of ether oxygens (including phenoxy) is 1. The summed E-state index contributed by atoms with van der Waals surface area (Å²) in [6, 6.07) is 0. The topological polar surface area (TPSA) is 110 Å². The molecule has 1 aromatic heterocycles. The molecule has 25 heavy (non-hydrogen) atoms. The smallest absolute Gasteiger partial charge is 0.306 e. The predicted octanol–water partition coefficient (Wildman–Crippen LogP) is 0.468. The van der Waals surface area contributed by atoms with E-state index in [9.17, 15) is 18.0 Å². The average molecular weight is 373 g/mol. The van der Waals surface area contributed by atoms with Gasteiger partial charge in [0.25, 0.3) is 0 Å². The van der Waals surface area contributed by atoms with Crippen molar-refractivity contribution in [1.82, 2.24) is 14.4 Å². The van der Waals surface area contributed by atoms with Crippen LogP contribution in [0, 0.1) is 13.8 Å². The number of hydrogen-bond acceptors (Lipinski definition) is 7. The lowest BCUT2D eigenvalue weighted by atomic mass is 10.2. The lowest BCUT2D eigenvalue weighted by Gasteiger charge is -2.33. The van der Waals surface area contributed by atoms with E-state index in [1.165, 1.54) is 4.31 Å². The Kier molecular flexibility index (Phi) is 6.17. The summed E-state index contributed by atoms with van der Waals surface area (Å²) in [6.45, 7) is 6.08. The fourth-order valence-corrected chi connectivity index (χ4v) is 4.46. The van der Waals surface area contributed by atoms with Crippen LogP contribution in [0.4, 0.5) is 0 Å². The van der Waals surface area contributed by atoms with Gasteiger partial charge in [0.1, 0.15) is 10.6 Å². The lowest BCUT2D eigenvalue weighted by molar-refractivity contribution is -0.145. The Morgan fingerprint density at radius 1 is 1.16 bits per heavy atom. The Labute approximate surface area is 146 Å². The number of carbonyl (C=O) groups is 2. The minimum atomic E-state index is -3.70. The zero-order chi connectivity index (χ0) is 18.6. The van der Waals surface area contributed by atoms with Crippen LogP contribution in [0.15, 0.2) is 9.42 Å². The second-order valence-corrected chi connectivity index (χ2v) is 7.62. The van der Waals surface area contributed by atoms with E-state index in [2.05, 4.69) is 5.16 Å². The summed E-state index contributed by atoms with van der Waals surface area (Å²) < 4.78 is 36.5. The van der Waals surface area contributed by atoms with Gasteiger partial charge in [-0.1, -0.05) is 5.16 Å². The zero-order valence-electron chi connectivity index (χ0n) is 14.6. The molecule has 0 aliphatic carbocycles. The van der Waals surface area contributed by atoms with E-state index in [0.717, 1.165) is 0 Å². The fraction of sp³-hybridized carbons (Fsp3) is 0.667. The van der Waals surface area contributed by atoms with Crippen LogP contribution in [0.1, 0.15) is 31.2 Å². The molecule has 0 spiro atoms. The van der Waals surface area contributed by atoms with Gasteiger partial charge in [-0.05, 0) is 20.8 Å². The molecule has 0 saturated carbocycles. The van der Waals surface area contributed by atoms with Gasteiger partial charge in [0.15, 0.2) is 5.76 Å². The molecule has 9 nitrogen and oxygen atoms in total. The summed E-state index contributed by atoms with van der Waals surface area (Å²) in [7, 11) is -3.70. The molecule has 2 rings (SSSR count). The first-order valence-electron chi connectivity index (χ1n) is 8.13. The van der Waals surface area contributed by atoms with Crippen molar-refractivity contribution in [3.8, 4) is 0 Å². The SMILES string of the molecule is CCOC(=O)CCC(=O)N1CCN(S(=O)(=O)c2c(C)noc2C)CC1. The summed E-state index contributed by atoms with van der Waals surface area (Å²) in [6.07, 6.45) is 0.0969. The van der Waals surface area contributed by atoms with Gasteiger partial charge in [0.2, 0.25) is 15.9 Å². The predicted molar refractivity (Wildman–Crippen MR) is 87.2 cm³/mol. The van der Waals surface area contributed by atoms with Gasteiger partial charge in [-0.25, -0.2) is 8.42 Å². The van der Waals surface area contributed by atoms with Crippen LogP contribution >= 0.6 is 0 Å². The first-order valence-corrected chi connectivity index (χ1v) is 9.57. The van der Waals surface area contributed by atoms with Crippen molar-refractivity contribution in [1.29, 1.82) is 0 Å². The van der Waals surface area contributed by atoms with Gasteiger partial charge in [0, 0.05) is 32.6 Å². The molecule has 140 valence electrons. The van der Waals surface area contributed by atoms with E-state index < -0.39 is 16.0 Å². The molecule has 1 aliphatic rings. The largest absolute Gasteiger partial charge is 0.466 e. The van der Waals surface area contributed by atoms with E-state index >= 15 is 0 Å². The van der Waals surface area contributed by atoms with E-state index in [-0.39, 0.29) is 62.2 Å². The van der Waals surface area contributed by atoms with Gasteiger partial charge < -0.3 is 14.2 Å². The normalized spacial score (nSPS) is 16.0. The van der Waals surface area contributed by atoms with Gasteiger partial charge in [-0.2, -0.15) is 4.31 Å². The molecule has 0 atom stereocenters. The van der Waals surface area contributed by atoms with Crippen LogP contribution in [0.2, 0.25) is 0 Å². The summed E-state index contributed by atoms with van der Waals surface area (Å²) in [5.41, 5.74) is 0.324. The Balaban J connectivity index is 1.93. The van der Waals surface area contributed by atoms with Crippen LogP contribution < -0.4 is 0 Å². The highest BCUT2D eigenvalue weighted by molar-refractivity contribution is 7.89. The van der Waals surface area contributed by atoms with Crippen LogP contribution in [0.25, 0.3) is 0 Å². The number of esters is 1. The van der Waals surface area contributed by atoms with Crippen molar-refractivity contribution in [2.75, 3.05) is 32.8 Å². The molecular formula is C15H23N3O6S. The number of aromatic nitrogens is 1. The molecular weight excluding hydrogens is 350 g/mol. The van der Waals surface area contributed by atoms with Crippen molar-refractivity contribution < 1.29 is 27.3 Å². The molecule has 0 N–H and O–H groups in total. The van der Waals surface area contributed by atoms with E-state index in [4.69, 9.17) is 9.26 Å². The summed E-state index contributed by atoms with van der Waals surface area (Å²) in [5.74, 6) is -0.330. The molecule has 1 fully saturated rings. The van der Waals surface area contributed by atoms with Crippen molar-refractivity contribution in [2.45, 2.75) is 38.5 Å². The van der Waals surface area contributed by atoms with Gasteiger partial charge >= 0.3 is 5.97 Å². The molecule has 1 aromatic rings. The molecule has 1 saturated heterocycles. The first-order chi connectivity index (χ1) is 11.8. The van der Waals surface area contributed by atoms with E-state index in [0.29, 0.717) is 5.69 Å². The first kappa shape index (κ1) is 19.4. The number of rotatable bonds is 6. The van der Waals surface area contributed by atoms with Crippen molar-refractivity contribution >= 4 is 21.9 Å². The van der Waals surface area contributed by atoms with Crippen molar-refractivity contribution in [3.63, 3.8) is 0 Å². The monoisotopic (exact) mass is 373 g/mol. The molecule has 1 aliphatic heterocycles. The number of sulfonamides is 1. The van der Waals surface area contributed by atoms with Gasteiger partial charge in [0.05, 0.1) is 13.0 Å². The number of amides is 1. The average Bonchev–Trinajstić information content (AvgIpc) is 2.92. The maximum atomic E-state index is 12.7. The molecule has 0 aromatic carbocycles. The molecule has 1 amide bonds. The van der Waals surface area contributed by atoms with Crippen LogP contribution in [-0.2, 0) is 24.3 Å². The van der Waals surface area contributed by atoms with Gasteiger partial charge in [-0.15, -0.1) is 0 Å². The molecule has 0 bridgehead atoms. The quantitative estimate of drug-likeness (QED) is 0.667. The molecule has 2 heterocycles. The van der Waals surface area contributed by atoms with E-state index in [1.54, 1.807) is 25.7 Å². The van der Waals surface area contributed by atoms with Crippen molar-refractivity contribution in [2.24, 2.45) is 0 Å². The minimum absolute atomic E-state index is 0.0320. The highest BCUT2D eigenvalue weighted by Crippen LogP contribution is 2.24. The zero-order valence-corrected chi connectivity index (χ0v) is 15.5. The minimum Gasteiger partial charge on any atom is -0.466 e. The maximum Gasteiger partial charge on any atom is 0.306 e. The Morgan fingerprint density at radius 3 is 2.32 bits per heavy atom. The maximum absolute atomic E-state index is 12.7. The number of nitrogens with zero attached hydrogens (tertiary/aromatic N) is 3. The summed E-state index contributed by atoms with van der Waals surface area (Å²) >= 11 is 0. The molecule has 0 radical (unpaired) electrons. The third kappa shape index (κ3) is 4.37. The summed E-state index contributed by atoms with van der Waals surface area (Å²) in [4.78, 5) is 25.1. The Morgan fingerprint density at radius 2 is 1.80 bits per heavy atom. The number of hydrogen-bond donors (Lipinski definition) is 0. The Hall–Kier alpha value is -1.94. The summed E-state index contributed by atoms with van der Waals surface area (Å²) in [5, 5.41) is 3.69. The van der Waals surface area contributed by atoms with Crippen LogP contribution in [-0.4, -0.2) is 67.4 Å². The van der Waals surface area contributed by atoms with Gasteiger partial charge in [-0.3, -0.25) is 9.59 Å². The van der Waals surface area contributed by atoms with Crippen molar-refractivity contribution in [3.05, 3.63) is 11.5 Å². The number of carbonyl (C=O) groups excluding carboxylic acids is 2. The van der Waals surface area contributed by atoms with Crippen LogP contribution in [0.3, 0.4) is 0 Å². The standard InChI is InChI=1S/C15H23N3O6S/c1-4-23-14(20)6-5-13(19)17-7-9-18(10-8-17)25(21,22)15-11(2)16-24-12(15)3/h4-10H2,1-3H3. The number of aryl methyl sites for hydroxylation is 2. The molecule has 0 unspecified atom stereocenters. The highest BCUT2D eigenvalue weighted by atomic mass is 32.2. The van der Waals surface area contributed by atoms with E-state index in [1.807, 2.05) is 0 Å². The third-order valence-electron chi connectivity index (χ3n) is 4.01. The third-order valence-corrected chi connectivity index (χ3v) is 6.15. The lowest BCUT2D eigenvalue weighted by Crippen LogP contribution is -2.50. The second kappa shape index (κ2) is 7.96. The Bertz CT molecular complexity index is 715. The fourth-order valence-electron chi connectivity index (χ4n) is 2.75. The molecule has 10 heteroatoms.